The topological polar surface area (TPSA) is 12.9 Å². The lowest BCUT2D eigenvalue weighted by Gasteiger charge is -2.22. The molecule has 1 aromatic heterocycles. The summed E-state index contributed by atoms with van der Waals surface area (Å²) in [5.41, 5.74) is 3.69. The van der Waals surface area contributed by atoms with Crippen molar-refractivity contribution in [3.8, 4) is 11.3 Å². The highest BCUT2D eigenvalue weighted by Gasteiger charge is 2.22. The zero-order valence-corrected chi connectivity index (χ0v) is 17.3. The van der Waals surface area contributed by atoms with Gasteiger partial charge in [-0.15, -0.1) is 0 Å². The molecule has 1 saturated carbocycles. The van der Waals surface area contributed by atoms with Crippen LogP contribution in [0.15, 0.2) is 36.5 Å². The molecule has 2 heteroatoms. The molecule has 0 spiro atoms. The van der Waals surface area contributed by atoms with Crippen molar-refractivity contribution in [1.29, 1.82) is 0 Å². The standard InChI is InChI=1S/C23H33NSi/c1-17(2)14-21-15-22(24-16-23(21)25(3,4)5)20-12-10-19(11-13-20)18-8-6-7-9-18/h10-13,15-18H,6-9,14H2,1-5H3/i14D2,18D. The maximum Gasteiger partial charge on any atom is 0.0799 e. The Morgan fingerprint density at radius 2 is 1.80 bits per heavy atom. The second kappa shape index (κ2) is 7.45. The number of nitrogens with zero attached hydrogens (tertiary/aromatic N) is 1. The number of hydrogen-bond donors (Lipinski definition) is 0. The van der Waals surface area contributed by atoms with Crippen LogP contribution in [-0.2, 0) is 6.37 Å². The quantitative estimate of drug-likeness (QED) is 0.587. The summed E-state index contributed by atoms with van der Waals surface area (Å²) in [7, 11) is -1.72. The van der Waals surface area contributed by atoms with E-state index in [1.54, 1.807) is 0 Å². The molecule has 1 nitrogen and oxygen atoms in total. The Kier molecular flexibility index (Phi) is 4.39. The molecule has 0 bridgehead atoms. The summed E-state index contributed by atoms with van der Waals surface area (Å²) in [6.07, 6.45) is 4.68. The van der Waals surface area contributed by atoms with Crippen molar-refractivity contribution in [3.05, 3.63) is 47.7 Å². The number of benzene rings is 1. The van der Waals surface area contributed by atoms with Gasteiger partial charge in [0, 0.05) is 15.9 Å². The Bertz CT molecular complexity index is 832. The molecule has 0 atom stereocenters. The second-order valence-corrected chi connectivity index (χ2v) is 13.6. The minimum Gasteiger partial charge on any atom is -0.256 e. The van der Waals surface area contributed by atoms with Crippen LogP contribution in [0.3, 0.4) is 0 Å². The van der Waals surface area contributed by atoms with Gasteiger partial charge in [0.15, 0.2) is 0 Å². The first-order valence-corrected chi connectivity index (χ1v) is 13.1. The fourth-order valence-electron chi connectivity index (χ4n) is 3.61. The molecule has 0 N–H and O–H groups in total. The molecular weight excluding hydrogens is 318 g/mol. The molecule has 1 aliphatic rings. The van der Waals surface area contributed by atoms with Crippen LogP contribution in [0, 0.1) is 5.92 Å². The van der Waals surface area contributed by atoms with Gasteiger partial charge in [0.05, 0.1) is 13.8 Å². The fraction of sp³-hybridized carbons (Fsp3) is 0.522. The zero-order chi connectivity index (χ0) is 20.7. The predicted octanol–water partition coefficient (Wildman–Crippen LogP) is 6.15. The van der Waals surface area contributed by atoms with Crippen molar-refractivity contribution in [2.45, 2.75) is 71.4 Å². The van der Waals surface area contributed by atoms with Crippen LogP contribution in [0.2, 0.25) is 19.6 Å². The largest absolute Gasteiger partial charge is 0.256 e. The minimum absolute atomic E-state index is 0.106. The molecule has 1 aromatic carbocycles. The summed E-state index contributed by atoms with van der Waals surface area (Å²) >= 11 is 0. The summed E-state index contributed by atoms with van der Waals surface area (Å²) in [6.45, 7) is 10.6. The van der Waals surface area contributed by atoms with Crippen LogP contribution < -0.4 is 5.19 Å². The summed E-state index contributed by atoms with van der Waals surface area (Å²) in [5, 5.41) is 1.10. The van der Waals surface area contributed by atoms with E-state index in [1.165, 1.54) is 0 Å². The van der Waals surface area contributed by atoms with Crippen LogP contribution in [0.5, 0.6) is 0 Å². The van der Waals surface area contributed by atoms with Gasteiger partial charge in [-0.2, -0.15) is 0 Å². The summed E-state index contributed by atoms with van der Waals surface area (Å²) in [6, 6.07) is 10.2. The van der Waals surface area contributed by atoms with E-state index in [2.05, 4.69) is 43.9 Å². The highest BCUT2D eigenvalue weighted by molar-refractivity contribution is 6.89. The van der Waals surface area contributed by atoms with Crippen LogP contribution in [-0.4, -0.2) is 13.1 Å². The zero-order valence-electron chi connectivity index (χ0n) is 19.3. The van der Waals surface area contributed by atoms with E-state index in [-0.39, 0.29) is 5.92 Å². The van der Waals surface area contributed by atoms with Gasteiger partial charge in [0.1, 0.15) is 0 Å². The Balaban J connectivity index is 2.03. The van der Waals surface area contributed by atoms with Crippen molar-refractivity contribution in [3.63, 3.8) is 0 Å². The van der Waals surface area contributed by atoms with E-state index >= 15 is 0 Å². The first-order chi connectivity index (χ1) is 12.9. The van der Waals surface area contributed by atoms with Crippen LogP contribution in [0.25, 0.3) is 11.3 Å². The maximum atomic E-state index is 8.71. The van der Waals surface area contributed by atoms with Gasteiger partial charge in [0.25, 0.3) is 0 Å². The van der Waals surface area contributed by atoms with Gasteiger partial charge in [0.2, 0.25) is 0 Å². The molecule has 3 rings (SSSR count). The molecule has 1 aliphatic carbocycles. The first-order valence-electron chi connectivity index (χ1n) is 11.1. The monoisotopic (exact) mass is 354 g/mol. The number of pyridine rings is 1. The van der Waals surface area contributed by atoms with Crippen LogP contribution in [0.4, 0.5) is 0 Å². The highest BCUT2D eigenvalue weighted by Crippen LogP contribution is 2.34. The smallest absolute Gasteiger partial charge is 0.0799 e. The molecule has 0 radical (unpaired) electrons. The van der Waals surface area contributed by atoms with Crippen LogP contribution in [0.1, 0.15) is 60.7 Å². The first kappa shape index (κ1) is 14.7. The molecule has 0 amide bonds. The molecule has 0 aliphatic heterocycles. The maximum absolute atomic E-state index is 8.71. The fourth-order valence-corrected chi connectivity index (χ4v) is 5.01. The molecule has 1 heterocycles. The van der Waals surface area contributed by atoms with Gasteiger partial charge >= 0.3 is 0 Å². The molecule has 1 fully saturated rings. The second-order valence-electron chi connectivity index (χ2n) is 8.55. The van der Waals surface area contributed by atoms with Crippen molar-refractivity contribution >= 4 is 13.3 Å². The molecule has 25 heavy (non-hydrogen) atoms. The average Bonchev–Trinajstić information content (AvgIpc) is 3.08. The van der Waals surface area contributed by atoms with Gasteiger partial charge in [-0.3, -0.25) is 4.98 Å². The Morgan fingerprint density at radius 1 is 1.16 bits per heavy atom. The summed E-state index contributed by atoms with van der Waals surface area (Å²) in [4.78, 5) is 4.71. The van der Waals surface area contributed by atoms with E-state index in [1.807, 2.05) is 26.1 Å². The lowest BCUT2D eigenvalue weighted by Crippen LogP contribution is -2.40. The van der Waals surface area contributed by atoms with E-state index in [4.69, 9.17) is 9.10 Å². The van der Waals surface area contributed by atoms with E-state index < -0.39 is 20.3 Å². The molecule has 0 unspecified atom stereocenters. The minimum atomic E-state index is -1.72. The van der Waals surface area contributed by atoms with Gasteiger partial charge in [-0.05, 0) is 53.4 Å². The predicted molar refractivity (Wildman–Crippen MR) is 112 cm³/mol. The Hall–Kier alpha value is -1.41. The van der Waals surface area contributed by atoms with E-state index in [0.29, 0.717) is 0 Å². The van der Waals surface area contributed by atoms with Crippen molar-refractivity contribution in [2.24, 2.45) is 5.92 Å². The van der Waals surface area contributed by atoms with Gasteiger partial charge < -0.3 is 0 Å². The summed E-state index contributed by atoms with van der Waals surface area (Å²) < 4.78 is 26.1. The Labute approximate surface area is 159 Å². The lowest BCUT2D eigenvalue weighted by molar-refractivity contribution is 0.649. The van der Waals surface area contributed by atoms with Gasteiger partial charge in [-0.1, -0.05) is 70.6 Å². The highest BCUT2D eigenvalue weighted by atomic mass is 28.3. The van der Waals surface area contributed by atoms with Crippen molar-refractivity contribution in [1.82, 2.24) is 4.98 Å². The third-order valence-electron chi connectivity index (χ3n) is 4.95. The SMILES string of the molecule is [2H]C1(c2ccc(-c3cc(C([2H])([2H])C(C)C)c([Si](C)(C)C)cn3)cc2)CCCC1. The number of aromatic nitrogens is 1. The number of hydrogen-bond acceptors (Lipinski definition) is 1. The van der Waals surface area contributed by atoms with Crippen LogP contribution >= 0.6 is 0 Å². The Morgan fingerprint density at radius 3 is 2.36 bits per heavy atom. The van der Waals surface area contributed by atoms with E-state index in [9.17, 15) is 0 Å². The van der Waals surface area contributed by atoms with Crippen molar-refractivity contribution < 1.29 is 4.11 Å². The average molecular weight is 355 g/mol. The number of rotatable bonds is 5. The third kappa shape index (κ3) is 4.41. The molecule has 134 valence electrons. The third-order valence-corrected chi connectivity index (χ3v) is 6.97. The molecule has 0 saturated heterocycles. The van der Waals surface area contributed by atoms with Crippen molar-refractivity contribution in [2.75, 3.05) is 0 Å². The van der Waals surface area contributed by atoms with Gasteiger partial charge in [-0.25, -0.2) is 0 Å². The molecular formula is C23H33NSi. The van der Waals surface area contributed by atoms with E-state index in [0.717, 1.165) is 53.3 Å². The normalized spacial score (nSPS) is 19.5. The summed E-state index contributed by atoms with van der Waals surface area (Å²) in [5.74, 6) is -0.542. The molecule has 2 aromatic rings. The lowest BCUT2D eigenvalue weighted by atomic mass is 9.95.